The molecule has 0 fully saturated rings. The molecule has 0 spiro atoms. The van der Waals surface area contributed by atoms with Gasteiger partial charge in [0.2, 0.25) is 0 Å². The summed E-state index contributed by atoms with van der Waals surface area (Å²) < 4.78 is 0. The van der Waals surface area contributed by atoms with Crippen LogP contribution in [0.2, 0.25) is 10.0 Å². The van der Waals surface area contributed by atoms with Gasteiger partial charge in [-0.05, 0) is 37.2 Å². The molecule has 2 aromatic rings. The maximum Gasteiger partial charge on any atom is 0.0595 e. The maximum absolute atomic E-state index is 6.07. The van der Waals surface area contributed by atoms with Crippen LogP contribution in [-0.4, -0.2) is 7.05 Å². The molecule has 0 heterocycles. The van der Waals surface area contributed by atoms with E-state index in [1.807, 2.05) is 25.2 Å². The van der Waals surface area contributed by atoms with E-state index in [1.54, 1.807) is 0 Å². The lowest BCUT2D eigenvalue weighted by Gasteiger charge is -2.18. The number of benzene rings is 2. The lowest BCUT2D eigenvalue weighted by Crippen LogP contribution is -2.17. The van der Waals surface area contributed by atoms with E-state index in [2.05, 4.69) is 36.5 Å². The number of hydrogen-bond acceptors (Lipinski definition) is 1. The Labute approximate surface area is 118 Å². The molecule has 0 saturated heterocycles. The standard InChI is InChI=1S/C15H15Cl2N/c1-10-4-3-5-11(8-10)15(18-2)12-6-7-13(16)14(17)9-12/h3-9,15,18H,1-2H3. The Balaban J connectivity index is 2.42. The third-order valence-corrected chi connectivity index (χ3v) is 3.68. The largest absolute Gasteiger partial charge is 0.309 e. The second kappa shape index (κ2) is 5.75. The van der Waals surface area contributed by atoms with Crippen LogP contribution in [-0.2, 0) is 0 Å². The smallest absolute Gasteiger partial charge is 0.0595 e. The number of aryl methyl sites for hydroxylation is 1. The minimum atomic E-state index is 0.125. The van der Waals surface area contributed by atoms with Gasteiger partial charge in [-0.25, -0.2) is 0 Å². The molecule has 1 nitrogen and oxygen atoms in total. The molecule has 1 atom stereocenters. The number of halogens is 2. The Morgan fingerprint density at radius 3 is 2.28 bits per heavy atom. The highest BCUT2D eigenvalue weighted by molar-refractivity contribution is 6.42. The lowest BCUT2D eigenvalue weighted by atomic mass is 9.97. The summed E-state index contributed by atoms with van der Waals surface area (Å²) in [4.78, 5) is 0. The predicted molar refractivity (Wildman–Crippen MR) is 78.5 cm³/mol. The fourth-order valence-corrected chi connectivity index (χ4v) is 2.37. The summed E-state index contributed by atoms with van der Waals surface area (Å²) in [5, 5.41) is 4.47. The van der Waals surface area contributed by atoms with Crippen molar-refractivity contribution in [2.45, 2.75) is 13.0 Å². The second-order valence-corrected chi connectivity index (χ2v) is 5.12. The van der Waals surface area contributed by atoms with E-state index in [-0.39, 0.29) is 6.04 Å². The van der Waals surface area contributed by atoms with Crippen molar-refractivity contribution >= 4 is 23.2 Å². The molecule has 3 heteroatoms. The summed E-state index contributed by atoms with van der Waals surface area (Å²) in [5.74, 6) is 0. The van der Waals surface area contributed by atoms with Crippen molar-refractivity contribution in [2.75, 3.05) is 7.05 Å². The van der Waals surface area contributed by atoms with Gasteiger partial charge in [0, 0.05) is 0 Å². The first kappa shape index (κ1) is 13.4. The van der Waals surface area contributed by atoms with Crippen LogP contribution in [0.4, 0.5) is 0 Å². The summed E-state index contributed by atoms with van der Waals surface area (Å²) in [5.41, 5.74) is 3.57. The zero-order valence-electron chi connectivity index (χ0n) is 10.4. The van der Waals surface area contributed by atoms with Crippen molar-refractivity contribution in [3.63, 3.8) is 0 Å². The van der Waals surface area contributed by atoms with Crippen molar-refractivity contribution in [3.05, 3.63) is 69.2 Å². The van der Waals surface area contributed by atoms with Gasteiger partial charge < -0.3 is 5.32 Å². The summed E-state index contributed by atoms with van der Waals surface area (Å²) in [6, 6.07) is 14.3. The van der Waals surface area contributed by atoms with E-state index < -0.39 is 0 Å². The highest BCUT2D eigenvalue weighted by Gasteiger charge is 2.13. The van der Waals surface area contributed by atoms with Gasteiger partial charge in [0.1, 0.15) is 0 Å². The average molecular weight is 280 g/mol. The van der Waals surface area contributed by atoms with Gasteiger partial charge in [-0.2, -0.15) is 0 Å². The summed E-state index contributed by atoms with van der Waals surface area (Å²) in [6.07, 6.45) is 0. The molecule has 0 radical (unpaired) electrons. The maximum atomic E-state index is 6.07. The molecule has 2 aromatic carbocycles. The quantitative estimate of drug-likeness (QED) is 0.865. The van der Waals surface area contributed by atoms with Gasteiger partial charge >= 0.3 is 0 Å². The molecule has 0 aliphatic rings. The molecule has 0 saturated carbocycles. The van der Waals surface area contributed by atoms with E-state index in [0.29, 0.717) is 10.0 Å². The van der Waals surface area contributed by atoms with E-state index in [1.165, 1.54) is 11.1 Å². The average Bonchev–Trinajstić information content (AvgIpc) is 2.35. The van der Waals surface area contributed by atoms with Crippen LogP contribution in [0.5, 0.6) is 0 Å². The molecular weight excluding hydrogens is 265 g/mol. The Morgan fingerprint density at radius 1 is 0.944 bits per heavy atom. The molecule has 0 amide bonds. The van der Waals surface area contributed by atoms with E-state index in [0.717, 1.165) is 5.56 Å². The van der Waals surface area contributed by atoms with Crippen molar-refractivity contribution in [2.24, 2.45) is 0 Å². The fraction of sp³-hybridized carbons (Fsp3) is 0.200. The Hall–Kier alpha value is -1.02. The number of hydrogen-bond donors (Lipinski definition) is 1. The molecular formula is C15H15Cl2N. The van der Waals surface area contributed by atoms with Crippen LogP contribution in [0.3, 0.4) is 0 Å². The van der Waals surface area contributed by atoms with Crippen LogP contribution in [0.25, 0.3) is 0 Å². The summed E-state index contributed by atoms with van der Waals surface area (Å²) in [7, 11) is 1.94. The Morgan fingerprint density at radius 2 is 1.67 bits per heavy atom. The zero-order valence-corrected chi connectivity index (χ0v) is 11.9. The van der Waals surface area contributed by atoms with E-state index in [4.69, 9.17) is 23.2 Å². The SMILES string of the molecule is CNC(c1cccc(C)c1)c1ccc(Cl)c(Cl)c1. The Bertz CT molecular complexity index is 552. The minimum absolute atomic E-state index is 0.125. The highest BCUT2D eigenvalue weighted by atomic mass is 35.5. The van der Waals surface area contributed by atoms with Gasteiger partial charge in [0.25, 0.3) is 0 Å². The highest BCUT2D eigenvalue weighted by Crippen LogP contribution is 2.28. The van der Waals surface area contributed by atoms with Crippen molar-refractivity contribution in [1.82, 2.24) is 5.32 Å². The second-order valence-electron chi connectivity index (χ2n) is 4.31. The molecule has 94 valence electrons. The third kappa shape index (κ3) is 2.86. The van der Waals surface area contributed by atoms with Gasteiger partial charge in [0.15, 0.2) is 0 Å². The van der Waals surface area contributed by atoms with E-state index >= 15 is 0 Å². The van der Waals surface area contributed by atoms with Crippen molar-refractivity contribution < 1.29 is 0 Å². The van der Waals surface area contributed by atoms with Crippen LogP contribution in [0, 0.1) is 6.92 Å². The summed E-state index contributed by atoms with van der Waals surface area (Å²) >= 11 is 12.0. The molecule has 0 bridgehead atoms. The number of nitrogens with one attached hydrogen (secondary N) is 1. The Kier molecular flexibility index (Phi) is 4.28. The molecule has 0 aliphatic carbocycles. The monoisotopic (exact) mass is 279 g/mol. The van der Waals surface area contributed by atoms with Crippen LogP contribution >= 0.6 is 23.2 Å². The molecule has 1 N–H and O–H groups in total. The van der Waals surface area contributed by atoms with Gasteiger partial charge in [-0.3, -0.25) is 0 Å². The molecule has 1 unspecified atom stereocenters. The first-order valence-corrected chi connectivity index (χ1v) is 6.56. The minimum Gasteiger partial charge on any atom is -0.309 e. The number of rotatable bonds is 3. The van der Waals surface area contributed by atoms with Crippen LogP contribution in [0.15, 0.2) is 42.5 Å². The summed E-state index contributed by atoms with van der Waals surface area (Å²) in [6.45, 7) is 2.09. The lowest BCUT2D eigenvalue weighted by molar-refractivity contribution is 0.691. The van der Waals surface area contributed by atoms with Crippen LogP contribution in [0.1, 0.15) is 22.7 Å². The van der Waals surface area contributed by atoms with E-state index in [9.17, 15) is 0 Å². The normalized spacial score (nSPS) is 12.4. The molecule has 18 heavy (non-hydrogen) atoms. The fourth-order valence-electron chi connectivity index (χ4n) is 2.07. The van der Waals surface area contributed by atoms with Crippen molar-refractivity contribution in [3.8, 4) is 0 Å². The van der Waals surface area contributed by atoms with Crippen molar-refractivity contribution in [1.29, 1.82) is 0 Å². The molecule has 0 aromatic heterocycles. The predicted octanol–water partition coefficient (Wildman–Crippen LogP) is 4.61. The molecule has 0 aliphatic heterocycles. The topological polar surface area (TPSA) is 12.0 Å². The van der Waals surface area contributed by atoms with Gasteiger partial charge in [-0.15, -0.1) is 0 Å². The first-order valence-electron chi connectivity index (χ1n) is 5.80. The van der Waals surface area contributed by atoms with Crippen LogP contribution < -0.4 is 5.32 Å². The van der Waals surface area contributed by atoms with Gasteiger partial charge in [0.05, 0.1) is 16.1 Å². The first-order chi connectivity index (χ1) is 8.61. The van der Waals surface area contributed by atoms with Gasteiger partial charge in [-0.1, -0.05) is 59.1 Å². The zero-order chi connectivity index (χ0) is 13.1. The third-order valence-electron chi connectivity index (χ3n) is 2.94. The molecule has 2 rings (SSSR count).